The summed E-state index contributed by atoms with van der Waals surface area (Å²) in [5, 5.41) is 17.3. The van der Waals surface area contributed by atoms with Gasteiger partial charge in [0.2, 0.25) is 0 Å². The average molecular weight is 690 g/mol. The predicted octanol–water partition coefficient (Wildman–Crippen LogP) is 14.5. The number of rotatable bonds is 9. The van der Waals surface area contributed by atoms with E-state index in [9.17, 15) is 5.26 Å². The molecule has 0 bridgehead atoms. The zero-order valence-electron chi connectivity index (χ0n) is 30.3. The molecule has 0 aliphatic rings. The molecule has 0 unspecified atom stereocenters. The van der Waals surface area contributed by atoms with E-state index in [1.165, 1.54) is 54.6 Å². The first kappa shape index (κ1) is 34.1. The van der Waals surface area contributed by atoms with Gasteiger partial charge >= 0.3 is 0 Å². The van der Waals surface area contributed by atoms with Crippen molar-refractivity contribution in [1.82, 2.24) is 0 Å². The molecule has 0 atom stereocenters. The first-order chi connectivity index (χ1) is 26.6. The molecule has 8 rings (SSSR count). The van der Waals surface area contributed by atoms with E-state index in [2.05, 4.69) is 183 Å². The smallest absolute Gasteiger partial charge is 0.0991 e. The molecule has 54 heavy (non-hydrogen) atoms. The van der Waals surface area contributed by atoms with Gasteiger partial charge < -0.3 is 0 Å². The van der Waals surface area contributed by atoms with Crippen molar-refractivity contribution in [3.8, 4) is 28.3 Å². The minimum absolute atomic E-state index is 0.634. The monoisotopic (exact) mass is 689 g/mol. The van der Waals surface area contributed by atoms with Gasteiger partial charge in [0.1, 0.15) is 0 Å². The molecule has 0 saturated carbocycles. The van der Waals surface area contributed by atoms with E-state index >= 15 is 0 Å². The van der Waals surface area contributed by atoms with Gasteiger partial charge in [0.15, 0.2) is 0 Å². The number of hydrogen-bond acceptors (Lipinski definition) is 1. The lowest BCUT2D eigenvalue weighted by Crippen LogP contribution is -1.95. The lowest BCUT2D eigenvalue weighted by atomic mass is 9.87. The van der Waals surface area contributed by atoms with Gasteiger partial charge in [-0.3, -0.25) is 0 Å². The predicted molar refractivity (Wildman–Crippen MR) is 232 cm³/mol. The number of nitrogens with zero attached hydrogens (tertiary/aromatic N) is 1. The topological polar surface area (TPSA) is 23.8 Å². The van der Waals surface area contributed by atoms with Gasteiger partial charge in [0, 0.05) is 0 Å². The number of nitriles is 1. The van der Waals surface area contributed by atoms with E-state index in [1.807, 2.05) is 30.3 Å². The highest BCUT2D eigenvalue weighted by molar-refractivity contribution is 6.25. The Hall–Kier alpha value is -7.01. The Morgan fingerprint density at radius 3 is 1.78 bits per heavy atom. The Labute approximate surface area is 317 Å². The average Bonchev–Trinajstić information content (AvgIpc) is 3.24. The molecule has 0 spiro atoms. The molecule has 0 saturated heterocycles. The number of allylic oxidation sites excluding steroid dienone is 6. The second-order valence-corrected chi connectivity index (χ2v) is 13.6. The summed E-state index contributed by atoms with van der Waals surface area (Å²) < 4.78 is 0. The summed E-state index contributed by atoms with van der Waals surface area (Å²) in [5.74, 6) is 0. The zero-order chi connectivity index (χ0) is 36.9. The van der Waals surface area contributed by atoms with Gasteiger partial charge in [-0.15, -0.1) is 0 Å². The highest BCUT2D eigenvalue weighted by Crippen LogP contribution is 2.39. The van der Waals surface area contributed by atoms with Gasteiger partial charge in [0.25, 0.3) is 0 Å². The third-order valence-electron chi connectivity index (χ3n) is 10.4. The van der Waals surface area contributed by atoms with E-state index in [0.29, 0.717) is 5.56 Å². The summed E-state index contributed by atoms with van der Waals surface area (Å²) in [6, 6.07) is 62.6. The van der Waals surface area contributed by atoms with Crippen LogP contribution in [0.15, 0.2) is 200 Å². The van der Waals surface area contributed by atoms with Crippen molar-refractivity contribution in [2.75, 3.05) is 0 Å². The van der Waals surface area contributed by atoms with Crippen LogP contribution in [0.4, 0.5) is 0 Å². The maximum atomic E-state index is 9.71. The Bertz CT molecular complexity index is 2770. The quantitative estimate of drug-likeness (QED) is 0.109. The van der Waals surface area contributed by atoms with Crippen LogP contribution >= 0.6 is 0 Å². The van der Waals surface area contributed by atoms with Gasteiger partial charge in [-0.1, -0.05) is 176 Å². The van der Waals surface area contributed by atoms with E-state index < -0.39 is 0 Å². The highest BCUT2D eigenvalue weighted by Gasteiger charge is 2.14. The molecule has 0 aromatic heterocycles. The van der Waals surface area contributed by atoms with Gasteiger partial charge in [-0.25, -0.2) is 0 Å². The molecule has 0 radical (unpaired) electrons. The lowest BCUT2D eigenvalue weighted by Gasteiger charge is -2.17. The summed E-state index contributed by atoms with van der Waals surface area (Å²) in [4.78, 5) is 0. The molecular formula is C53H39N. The fourth-order valence-electron chi connectivity index (χ4n) is 7.67. The third-order valence-corrected chi connectivity index (χ3v) is 10.4. The van der Waals surface area contributed by atoms with Crippen LogP contribution in [0.2, 0.25) is 0 Å². The van der Waals surface area contributed by atoms with Crippen molar-refractivity contribution in [3.05, 3.63) is 222 Å². The van der Waals surface area contributed by atoms with E-state index in [-0.39, 0.29) is 0 Å². The van der Waals surface area contributed by atoms with Crippen molar-refractivity contribution in [2.45, 2.75) is 13.3 Å². The van der Waals surface area contributed by atoms with Crippen molar-refractivity contribution < 1.29 is 0 Å². The van der Waals surface area contributed by atoms with Gasteiger partial charge in [-0.05, 0) is 126 Å². The molecule has 0 aliphatic carbocycles. The first-order valence-electron chi connectivity index (χ1n) is 18.4. The van der Waals surface area contributed by atoms with Crippen LogP contribution in [-0.2, 0) is 0 Å². The number of benzene rings is 8. The van der Waals surface area contributed by atoms with Crippen LogP contribution < -0.4 is 0 Å². The summed E-state index contributed by atoms with van der Waals surface area (Å²) in [6.07, 6.45) is 9.07. The fraction of sp³-hybridized carbons (Fsp3) is 0.0377. The molecule has 0 heterocycles. The summed E-state index contributed by atoms with van der Waals surface area (Å²) >= 11 is 0. The van der Waals surface area contributed by atoms with Crippen LogP contribution in [0.1, 0.15) is 35.6 Å². The van der Waals surface area contributed by atoms with Crippen LogP contribution in [0.5, 0.6) is 0 Å². The molecule has 1 nitrogen and oxygen atoms in total. The lowest BCUT2D eigenvalue weighted by molar-refractivity contribution is 1.34. The second kappa shape index (κ2) is 15.3. The molecule has 8 aromatic carbocycles. The van der Waals surface area contributed by atoms with E-state index in [1.54, 1.807) is 0 Å². The summed E-state index contributed by atoms with van der Waals surface area (Å²) in [5.41, 5.74) is 12.1. The Balaban J connectivity index is 1.22. The molecule has 0 aliphatic heterocycles. The highest BCUT2D eigenvalue weighted by atomic mass is 14.2. The summed E-state index contributed by atoms with van der Waals surface area (Å²) in [6.45, 7) is 6.24. The van der Waals surface area contributed by atoms with E-state index in [4.69, 9.17) is 0 Å². The maximum absolute atomic E-state index is 9.71. The maximum Gasteiger partial charge on any atom is 0.0991 e. The molecule has 8 aromatic rings. The minimum Gasteiger partial charge on any atom is -0.192 e. The van der Waals surface area contributed by atoms with Crippen LogP contribution in [0.25, 0.3) is 71.8 Å². The Kier molecular flexibility index (Phi) is 9.66. The van der Waals surface area contributed by atoms with Crippen molar-refractivity contribution >= 4 is 49.5 Å². The SMILES string of the molecule is C=C/C=C(\C(C)=C(/C/C=C/c1ccc(-c2ccccc2)cc1)c1cccc(-c2ccc3c4ccccc4c4ccccc4c3c2)c1)c1cccc(C#N)c1. The number of fused-ring (bicyclic) bond motifs is 6. The Morgan fingerprint density at radius 2 is 1.09 bits per heavy atom. The van der Waals surface area contributed by atoms with Crippen LogP contribution in [0, 0.1) is 11.3 Å². The fourth-order valence-corrected chi connectivity index (χ4v) is 7.67. The van der Waals surface area contributed by atoms with E-state index in [0.717, 1.165) is 39.8 Å². The van der Waals surface area contributed by atoms with Crippen molar-refractivity contribution in [3.63, 3.8) is 0 Å². The van der Waals surface area contributed by atoms with Gasteiger partial charge in [0.05, 0.1) is 11.6 Å². The van der Waals surface area contributed by atoms with Crippen LogP contribution in [-0.4, -0.2) is 0 Å². The molecular weight excluding hydrogens is 651 g/mol. The molecule has 0 N–H and O–H groups in total. The number of hydrogen-bond donors (Lipinski definition) is 0. The van der Waals surface area contributed by atoms with Crippen molar-refractivity contribution in [2.24, 2.45) is 0 Å². The van der Waals surface area contributed by atoms with Crippen molar-refractivity contribution in [1.29, 1.82) is 5.26 Å². The standard InChI is InChI=1S/C53H39N/c1-3-14-46(44-20-11-16-39(33-44)36-54)37(2)47(26-12-15-38-27-29-41(30-28-38)40-17-5-4-6-18-40)45-21-13-19-42(34-45)43-31-32-52-50-24-8-7-22-48(50)49-23-9-10-25-51(49)53(52)35-43/h3-25,27-35H,1,26H2,2H3/b15-12+,46-14+,47-37+. The zero-order valence-corrected chi connectivity index (χ0v) is 30.3. The van der Waals surface area contributed by atoms with Crippen LogP contribution in [0.3, 0.4) is 0 Å². The molecule has 0 fully saturated rings. The Morgan fingerprint density at radius 1 is 0.537 bits per heavy atom. The normalized spacial score (nSPS) is 12.3. The molecule has 0 amide bonds. The largest absolute Gasteiger partial charge is 0.192 e. The molecule has 1 heteroatoms. The third kappa shape index (κ3) is 6.82. The van der Waals surface area contributed by atoms with Gasteiger partial charge in [-0.2, -0.15) is 5.26 Å². The summed E-state index contributed by atoms with van der Waals surface area (Å²) in [7, 11) is 0. The minimum atomic E-state index is 0.634. The molecule has 256 valence electrons. The first-order valence-corrected chi connectivity index (χ1v) is 18.4. The second-order valence-electron chi connectivity index (χ2n) is 13.6.